The van der Waals surface area contributed by atoms with Crippen molar-refractivity contribution in [3.8, 4) is 0 Å². The number of carbonyl (C=O) groups is 5. The minimum atomic E-state index is -1.37. The molecule has 4 N–H and O–H groups in total. The third-order valence-corrected chi connectivity index (χ3v) is 7.82. The van der Waals surface area contributed by atoms with Gasteiger partial charge in [0.1, 0.15) is 31.3 Å². The molecule has 0 aliphatic carbocycles. The van der Waals surface area contributed by atoms with Crippen LogP contribution in [0.15, 0.2) is 60.7 Å². The average Bonchev–Trinajstić information content (AvgIpc) is 3.52. The number of rotatable bonds is 14. The lowest BCUT2D eigenvalue weighted by atomic mass is 9.86. The number of hydrogen-bond acceptors (Lipinski definition) is 8. The Labute approximate surface area is 271 Å². The largest absolute Gasteiger partial charge is 0.461 e. The van der Waals surface area contributed by atoms with Gasteiger partial charge in [0.15, 0.2) is 0 Å². The third kappa shape index (κ3) is 11.0. The van der Waals surface area contributed by atoms with Gasteiger partial charge in [-0.25, -0.2) is 4.79 Å². The summed E-state index contributed by atoms with van der Waals surface area (Å²) in [5.41, 5.74) is 7.25. The van der Waals surface area contributed by atoms with Gasteiger partial charge >= 0.3 is 11.9 Å². The van der Waals surface area contributed by atoms with E-state index in [0.29, 0.717) is 19.4 Å². The predicted molar refractivity (Wildman–Crippen MR) is 173 cm³/mol. The van der Waals surface area contributed by atoms with E-state index in [2.05, 4.69) is 10.6 Å². The molecule has 1 aliphatic rings. The van der Waals surface area contributed by atoms with Crippen molar-refractivity contribution in [1.82, 2.24) is 15.5 Å². The summed E-state index contributed by atoms with van der Waals surface area (Å²) in [7, 11) is 0. The molecule has 3 rings (SSSR count). The number of hydrogen-bond donors (Lipinski definition) is 3. The Morgan fingerprint density at radius 3 is 1.98 bits per heavy atom. The summed E-state index contributed by atoms with van der Waals surface area (Å²) in [6.45, 7) is 9.70. The minimum Gasteiger partial charge on any atom is -0.461 e. The summed E-state index contributed by atoms with van der Waals surface area (Å²) in [6, 6.07) is 14.1. The Morgan fingerprint density at radius 1 is 0.870 bits per heavy atom. The van der Waals surface area contributed by atoms with Crippen LogP contribution in [0.25, 0.3) is 0 Å². The van der Waals surface area contributed by atoms with Crippen molar-refractivity contribution >= 4 is 29.7 Å². The molecule has 2 aromatic carbocycles. The fourth-order valence-corrected chi connectivity index (χ4v) is 5.08. The van der Waals surface area contributed by atoms with E-state index in [-0.39, 0.29) is 31.5 Å². The molecule has 250 valence electrons. The molecule has 1 fully saturated rings. The highest BCUT2D eigenvalue weighted by Gasteiger charge is 2.41. The summed E-state index contributed by atoms with van der Waals surface area (Å²) in [4.78, 5) is 68.0. The van der Waals surface area contributed by atoms with Gasteiger partial charge in [-0.1, -0.05) is 95.3 Å². The highest BCUT2D eigenvalue weighted by molar-refractivity contribution is 5.96. The highest BCUT2D eigenvalue weighted by atomic mass is 16.5. The van der Waals surface area contributed by atoms with E-state index in [1.165, 1.54) is 4.90 Å². The van der Waals surface area contributed by atoms with Crippen LogP contribution in [0, 0.1) is 11.3 Å². The van der Waals surface area contributed by atoms with Crippen molar-refractivity contribution in [2.24, 2.45) is 17.1 Å². The molecule has 0 radical (unpaired) electrons. The monoisotopic (exact) mass is 636 g/mol. The fourth-order valence-electron chi connectivity index (χ4n) is 5.08. The van der Waals surface area contributed by atoms with E-state index in [9.17, 15) is 24.0 Å². The van der Waals surface area contributed by atoms with Crippen molar-refractivity contribution < 1.29 is 33.4 Å². The van der Waals surface area contributed by atoms with Gasteiger partial charge < -0.3 is 30.7 Å². The van der Waals surface area contributed by atoms with Crippen LogP contribution in [0.2, 0.25) is 0 Å². The Hall–Kier alpha value is -4.25. The zero-order chi connectivity index (χ0) is 33.9. The van der Waals surface area contributed by atoms with Crippen molar-refractivity contribution in [3.05, 3.63) is 71.8 Å². The van der Waals surface area contributed by atoms with E-state index < -0.39 is 59.8 Å². The molecule has 4 atom stereocenters. The molecule has 0 aromatic heterocycles. The molecule has 1 aliphatic heterocycles. The summed E-state index contributed by atoms with van der Waals surface area (Å²) < 4.78 is 10.9. The molecule has 0 saturated carbocycles. The number of benzene rings is 2. The second kappa shape index (κ2) is 16.9. The smallest absolute Gasteiger partial charge is 0.328 e. The maximum atomic E-state index is 13.7. The first-order valence-electron chi connectivity index (χ1n) is 15.8. The molecule has 46 heavy (non-hydrogen) atoms. The van der Waals surface area contributed by atoms with Gasteiger partial charge in [0.2, 0.25) is 17.7 Å². The lowest BCUT2D eigenvalue weighted by molar-refractivity contribution is -0.151. The Balaban J connectivity index is 1.76. The van der Waals surface area contributed by atoms with Gasteiger partial charge in [-0.15, -0.1) is 0 Å². The average molecular weight is 637 g/mol. The van der Waals surface area contributed by atoms with E-state index in [1.807, 2.05) is 83.1 Å². The second-order valence-corrected chi connectivity index (χ2v) is 13.2. The molecular formula is C35H48N4O7. The third-order valence-electron chi connectivity index (χ3n) is 7.82. The summed E-state index contributed by atoms with van der Waals surface area (Å²) >= 11 is 0. The van der Waals surface area contributed by atoms with Gasteiger partial charge in [-0.3, -0.25) is 19.2 Å². The zero-order valence-electron chi connectivity index (χ0n) is 27.5. The standard InChI is InChI=1S/C35H48N4O7/c1-23(2)19-27(34(44)46-22-25-15-10-7-11-16-25)38-31(41)26(20-29(40)45-21-24-13-8-6-9-14-24)37-32(42)28-17-12-18-39(28)33(43)30(36)35(3,4)5/h6-11,13-16,23,26-28,30H,12,17-22,36H2,1-5H3,(H,37,42)(H,38,41)/t26-,27-,28-,30+/m0/s1. The van der Waals surface area contributed by atoms with Crippen LogP contribution < -0.4 is 16.4 Å². The van der Waals surface area contributed by atoms with E-state index in [0.717, 1.165) is 11.1 Å². The topological polar surface area (TPSA) is 157 Å². The van der Waals surface area contributed by atoms with Crippen molar-refractivity contribution in [2.75, 3.05) is 6.54 Å². The Kier molecular flexibility index (Phi) is 13.3. The van der Waals surface area contributed by atoms with Crippen LogP contribution in [-0.4, -0.2) is 65.3 Å². The molecule has 0 bridgehead atoms. The quantitative estimate of drug-likeness (QED) is 0.267. The second-order valence-electron chi connectivity index (χ2n) is 13.2. The van der Waals surface area contributed by atoms with Gasteiger partial charge in [0.25, 0.3) is 0 Å². The predicted octanol–water partition coefficient (Wildman–Crippen LogP) is 3.24. The maximum absolute atomic E-state index is 13.7. The Bertz CT molecular complexity index is 1330. The van der Waals surface area contributed by atoms with Crippen LogP contribution >= 0.6 is 0 Å². The number of likely N-dealkylation sites (tertiary alicyclic amines) is 1. The zero-order valence-corrected chi connectivity index (χ0v) is 27.5. The number of esters is 2. The number of ether oxygens (including phenoxy) is 2. The van der Waals surface area contributed by atoms with Gasteiger partial charge in [-0.2, -0.15) is 0 Å². The molecule has 3 amide bonds. The maximum Gasteiger partial charge on any atom is 0.328 e. The highest BCUT2D eigenvalue weighted by Crippen LogP contribution is 2.24. The van der Waals surface area contributed by atoms with E-state index in [4.69, 9.17) is 15.2 Å². The van der Waals surface area contributed by atoms with Crippen molar-refractivity contribution in [2.45, 2.75) is 97.7 Å². The van der Waals surface area contributed by atoms with Gasteiger partial charge in [0.05, 0.1) is 12.5 Å². The molecule has 1 saturated heterocycles. The number of carbonyl (C=O) groups excluding carboxylic acids is 5. The summed E-state index contributed by atoms with van der Waals surface area (Å²) in [5.74, 6) is -3.02. The number of nitrogens with one attached hydrogen (secondary N) is 2. The van der Waals surface area contributed by atoms with Crippen LogP contribution in [-0.2, 0) is 46.7 Å². The molecule has 2 aromatic rings. The normalized spacial score (nSPS) is 16.7. The van der Waals surface area contributed by atoms with Crippen LogP contribution in [0.3, 0.4) is 0 Å². The van der Waals surface area contributed by atoms with Crippen molar-refractivity contribution in [1.29, 1.82) is 0 Å². The molecule has 11 heteroatoms. The summed E-state index contributed by atoms with van der Waals surface area (Å²) in [6.07, 6.45) is 0.748. The van der Waals surface area contributed by atoms with Crippen LogP contribution in [0.1, 0.15) is 71.4 Å². The molecule has 0 unspecified atom stereocenters. The fraction of sp³-hybridized carbons (Fsp3) is 0.514. The van der Waals surface area contributed by atoms with E-state index in [1.54, 1.807) is 12.1 Å². The number of nitrogens with zero attached hydrogens (tertiary/aromatic N) is 1. The first-order chi connectivity index (χ1) is 21.8. The lowest BCUT2D eigenvalue weighted by Gasteiger charge is -2.33. The first-order valence-corrected chi connectivity index (χ1v) is 15.8. The van der Waals surface area contributed by atoms with Crippen molar-refractivity contribution in [3.63, 3.8) is 0 Å². The van der Waals surface area contributed by atoms with Crippen LogP contribution in [0.5, 0.6) is 0 Å². The van der Waals surface area contributed by atoms with E-state index >= 15 is 0 Å². The number of nitrogens with two attached hydrogens (primary N) is 1. The molecule has 1 heterocycles. The summed E-state index contributed by atoms with van der Waals surface area (Å²) in [5, 5.41) is 5.36. The van der Waals surface area contributed by atoms with Gasteiger partial charge in [-0.05, 0) is 41.7 Å². The minimum absolute atomic E-state index is 0.0145. The van der Waals surface area contributed by atoms with Crippen LogP contribution in [0.4, 0.5) is 0 Å². The first kappa shape index (κ1) is 36.2. The Morgan fingerprint density at radius 2 is 1.43 bits per heavy atom. The molecular weight excluding hydrogens is 588 g/mol. The molecule has 0 spiro atoms. The number of amides is 3. The lowest BCUT2D eigenvalue weighted by Crippen LogP contribution is -2.58. The molecule has 11 nitrogen and oxygen atoms in total. The van der Waals surface area contributed by atoms with Gasteiger partial charge in [0, 0.05) is 6.54 Å². The SMILES string of the molecule is CC(C)C[C@H](NC(=O)[C@H](CC(=O)OCc1ccccc1)NC(=O)[C@@H]1CCCN1C(=O)[C@@H](N)C(C)(C)C)C(=O)OCc1ccccc1.